The van der Waals surface area contributed by atoms with Gasteiger partial charge in [0.2, 0.25) is 0 Å². The number of nitrogens with two attached hydrogens (primary N) is 1. The zero-order valence-corrected chi connectivity index (χ0v) is 15.6. The molecule has 1 fully saturated rings. The molecule has 0 aromatic carbocycles. The van der Waals surface area contributed by atoms with Crippen LogP contribution in [0.25, 0.3) is 0 Å². The lowest BCUT2D eigenvalue weighted by atomic mass is 10.1. The molecule has 0 spiro atoms. The molecule has 8 nitrogen and oxygen atoms in total. The number of primary amides is 1. The molecule has 2 amide bonds. The summed E-state index contributed by atoms with van der Waals surface area (Å²) < 4.78 is 0. The summed E-state index contributed by atoms with van der Waals surface area (Å²) in [6.07, 6.45) is 2.33. The van der Waals surface area contributed by atoms with Crippen molar-refractivity contribution in [2.45, 2.75) is 6.42 Å². The highest BCUT2D eigenvalue weighted by atomic mass is 35.5. The molecule has 0 atom stereocenters. The third kappa shape index (κ3) is 4.82. The maximum Gasteiger partial charge on any atom is 0.314 e. The molecule has 3 heterocycles. The van der Waals surface area contributed by atoms with Crippen LogP contribution in [0.15, 0.2) is 18.3 Å². The van der Waals surface area contributed by atoms with Crippen molar-refractivity contribution >= 4 is 39.9 Å². The molecular weight excluding hydrogens is 374 g/mol. The first-order chi connectivity index (χ1) is 12.5. The van der Waals surface area contributed by atoms with E-state index in [1.165, 1.54) is 17.5 Å². The molecule has 1 aliphatic heterocycles. The summed E-state index contributed by atoms with van der Waals surface area (Å²) in [5, 5.41) is 13.0. The van der Waals surface area contributed by atoms with E-state index in [0.717, 1.165) is 31.6 Å². The first-order valence-corrected chi connectivity index (χ1v) is 9.29. The number of piperazine rings is 1. The number of urea groups is 1. The second-order valence-electron chi connectivity index (χ2n) is 5.87. The van der Waals surface area contributed by atoms with Gasteiger partial charge in [0.05, 0.1) is 6.20 Å². The highest BCUT2D eigenvalue weighted by Crippen LogP contribution is 2.23. The Morgan fingerprint density at radius 1 is 1.38 bits per heavy atom. The monoisotopic (exact) mass is 391 g/mol. The third-order valence-electron chi connectivity index (χ3n) is 4.11. The van der Waals surface area contributed by atoms with Crippen LogP contribution in [-0.2, 0) is 6.42 Å². The van der Waals surface area contributed by atoms with Gasteiger partial charge < -0.3 is 16.0 Å². The number of amides is 2. The molecule has 0 radical (unpaired) electrons. The number of hydrogen-bond acceptors (Lipinski definition) is 7. The normalized spacial score (nSPS) is 14.8. The van der Waals surface area contributed by atoms with Crippen LogP contribution in [0.3, 0.4) is 0 Å². The van der Waals surface area contributed by atoms with E-state index in [0.29, 0.717) is 34.1 Å². The maximum absolute atomic E-state index is 11.2. The smallest absolute Gasteiger partial charge is 0.314 e. The van der Waals surface area contributed by atoms with Crippen LogP contribution in [0.5, 0.6) is 0 Å². The van der Waals surface area contributed by atoms with Gasteiger partial charge in [-0.3, -0.25) is 4.90 Å². The fourth-order valence-electron chi connectivity index (χ4n) is 2.73. The number of nitrogens with one attached hydrogen (secondary N) is 1. The highest BCUT2D eigenvalue weighted by Gasteiger charge is 2.18. The molecule has 0 bridgehead atoms. The molecule has 0 unspecified atom stereocenters. The van der Waals surface area contributed by atoms with Crippen molar-refractivity contribution in [2.75, 3.05) is 38.0 Å². The van der Waals surface area contributed by atoms with Gasteiger partial charge in [-0.2, -0.15) is 5.26 Å². The second kappa shape index (κ2) is 8.31. The number of thiazole rings is 1. The van der Waals surface area contributed by atoms with Gasteiger partial charge in [0.1, 0.15) is 21.9 Å². The van der Waals surface area contributed by atoms with Gasteiger partial charge in [-0.25, -0.2) is 14.8 Å². The van der Waals surface area contributed by atoms with Crippen LogP contribution in [0.1, 0.15) is 10.4 Å². The number of aromatic nitrogens is 2. The number of nitrogens with zero attached hydrogens (tertiary/aromatic N) is 5. The molecule has 1 saturated heterocycles. The van der Waals surface area contributed by atoms with Crippen LogP contribution in [0.2, 0.25) is 5.15 Å². The Balaban J connectivity index is 1.58. The molecule has 10 heteroatoms. The van der Waals surface area contributed by atoms with Gasteiger partial charge in [-0.15, -0.1) is 0 Å². The van der Waals surface area contributed by atoms with Gasteiger partial charge in [0.15, 0.2) is 5.13 Å². The molecule has 1 aliphatic rings. The molecule has 136 valence electrons. The van der Waals surface area contributed by atoms with E-state index in [2.05, 4.69) is 26.3 Å². The quantitative estimate of drug-likeness (QED) is 0.754. The van der Waals surface area contributed by atoms with Crippen molar-refractivity contribution in [3.8, 4) is 6.07 Å². The van der Waals surface area contributed by atoms with Crippen LogP contribution in [0.4, 0.5) is 15.7 Å². The summed E-state index contributed by atoms with van der Waals surface area (Å²) in [5.74, 6) is 0.602. The number of carbonyl (C=O) groups is 1. The van der Waals surface area contributed by atoms with Crippen LogP contribution in [0, 0.1) is 11.3 Å². The minimum absolute atomic E-state index is 0.358. The van der Waals surface area contributed by atoms with Crippen molar-refractivity contribution < 1.29 is 4.79 Å². The predicted molar refractivity (Wildman–Crippen MR) is 101 cm³/mol. The first-order valence-electron chi connectivity index (χ1n) is 8.09. The van der Waals surface area contributed by atoms with Gasteiger partial charge in [-0.1, -0.05) is 22.9 Å². The highest BCUT2D eigenvalue weighted by molar-refractivity contribution is 7.16. The molecule has 2 aromatic rings. The van der Waals surface area contributed by atoms with Gasteiger partial charge >= 0.3 is 6.03 Å². The number of anilines is 2. The van der Waals surface area contributed by atoms with E-state index in [4.69, 9.17) is 22.6 Å². The molecule has 26 heavy (non-hydrogen) atoms. The SMILES string of the molecule is N#Cc1cnc(Nc2cc(CCN3CCN(C(N)=O)CC3)cc(Cl)n2)s1. The summed E-state index contributed by atoms with van der Waals surface area (Å²) in [5.41, 5.74) is 6.36. The lowest BCUT2D eigenvalue weighted by molar-refractivity contribution is 0.146. The topological polar surface area (TPSA) is 111 Å². The Morgan fingerprint density at radius 3 is 2.81 bits per heavy atom. The lowest BCUT2D eigenvalue weighted by Gasteiger charge is -2.33. The summed E-state index contributed by atoms with van der Waals surface area (Å²) in [7, 11) is 0. The van der Waals surface area contributed by atoms with Crippen molar-refractivity contribution in [2.24, 2.45) is 5.73 Å². The van der Waals surface area contributed by atoms with Gasteiger partial charge in [-0.05, 0) is 24.1 Å². The third-order valence-corrected chi connectivity index (χ3v) is 5.12. The predicted octanol–water partition coefficient (Wildman–Crippen LogP) is 2.05. The van der Waals surface area contributed by atoms with Crippen molar-refractivity contribution in [1.82, 2.24) is 19.8 Å². The number of pyridine rings is 1. The average Bonchev–Trinajstić information content (AvgIpc) is 3.07. The van der Waals surface area contributed by atoms with Crippen LogP contribution in [-0.4, -0.2) is 58.5 Å². The lowest BCUT2D eigenvalue weighted by Crippen LogP contribution is -2.50. The largest absolute Gasteiger partial charge is 0.351 e. The van der Waals surface area contributed by atoms with Crippen molar-refractivity contribution in [1.29, 1.82) is 5.26 Å². The number of carbonyl (C=O) groups excluding carboxylic acids is 1. The minimum Gasteiger partial charge on any atom is -0.351 e. The van der Waals surface area contributed by atoms with E-state index in [1.54, 1.807) is 4.90 Å². The Hall–Kier alpha value is -2.41. The molecule has 2 aromatic heterocycles. The van der Waals surface area contributed by atoms with Crippen LogP contribution < -0.4 is 11.1 Å². The van der Waals surface area contributed by atoms with E-state index in [-0.39, 0.29) is 6.03 Å². The first kappa shape index (κ1) is 18.4. The fourth-order valence-corrected chi connectivity index (χ4v) is 3.58. The summed E-state index contributed by atoms with van der Waals surface area (Å²) >= 11 is 7.39. The Bertz CT molecular complexity index is 826. The summed E-state index contributed by atoms with van der Waals surface area (Å²) in [6.45, 7) is 3.79. The molecule has 0 aliphatic carbocycles. The van der Waals surface area contributed by atoms with E-state index in [1.807, 2.05) is 12.1 Å². The van der Waals surface area contributed by atoms with Crippen molar-refractivity contribution in [3.63, 3.8) is 0 Å². The molecular formula is C16H18ClN7OS. The van der Waals surface area contributed by atoms with Crippen LogP contribution >= 0.6 is 22.9 Å². The minimum atomic E-state index is -0.358. The number of hydrogen-bond donors (Lipinski definition) is 2. The second-order valence-corrected chi connectivity index (χ2v) is 7.28. The Labute approximate surface area is 160 Å². The van der Waals surface area contributed by atoms with Crippen molar-refractivity contribution in [3.05, 3.63) is 33.9 Å². The summed E-state index contributed by atoms with van der Waals surface area (Å²) in [6, 6.07) is 5.47. The Morgan fingerprint density at radius 2 is 2.15 bits per heavy atom. The fraction of sp³-hybridized carbons (Fsp3) is 0.375. The maximum atomic E-state index is 11.2. The number of nitriles is 1. The number of halogens is 1. The van der Waals surface area contributed by atoms with Gasteiger partial charge in [0, 0.05) is 32.7 Å². The van der Waals surface area contributed by atoms with E-state index >= 15 is 0 Å². The standard InChI is InChI=1S/C16H18ClN7OS/c17-13-7-11(1-2-23-3-5-24(6-4-23)15(19)25)8-14(21-13)22-16-20-10-12(9-18)26-16/h7-8,10H,1-6H2,(H2,19,25)(H,20,21,22). The molecule has 3 N–H and O–H groups in total. The average molecular weight is 392 g/mol. The molecule has 0 saturated carbocycles. The molecule has 3 rings (SSSR count). The number of rotatable bonds is 5. The Kier molecular flexibility index (Phi) is 5.88. The van der Waals surface area contributed by atoms with E-state index in [9.17, 15) is 4.79 Å². The van der Waals surface area contributed by atoms with Gasteiger partial charge in [0.25, 0.3) is 0 Å². The van der Waals surface area contributed by atoms with E-state index < -0.39 is 0 Å². The zero-order valence-electron chi connectivity index (χ0n) is 14.0. The zero-order chi connectivity index (χ0) is 18.5. The summed E-state index contributed by atoms with van der Waals surface area (Å²) in [4.78, 5) is 24.0.